The Hall–Kier alpha value is -4.05. The summed E-state index contributed by atoms with van der Waals surface area (Å²) in [5.74, 6) is -1.11. The average Bonchev–Trinajstić information content (AvgIpc) is 3.43. The summed E-state index contributed by atoms with van der Waals surface area (Å²) in [6.07, 6.45) is 1.86. The van der Waals surface area contributed by atoms with Crippen LogP contribution >= 0.6 is 0 Å². The third-order valence-corrected chi connectivity index (χ3v) is 5.12. The minimum absolute atomic E-state index is 0.230. The third-order valence-electron chi connectivity index (χ3n) is 5.12. The van der Waals surface area contributed by atoms with Crippen LogP contribution in [0.3, 0.4) is 0 Å². The molecule has 0 atom stereocenters. The van der Waals surface area contributed by atoms with E-state index in [1.807, 2.05) is 4.90 Å². The average molecular weight is 523 g/mol. The molecule has 198 valence electrons. The van der Waals surface area contributed by atoms with Crippen LogP contribution in [0.15, 0.2) is 35.5 Å². The largest absolute Gasteiger partial charge is 0.468 e. The summed E-state index contributed by atoms with van der Waals surface area (Å²) >= 11 is 0. The van der Waals surface area contributed by atoms with E-state index in [9.17, 15) is 18.0 Å². The summed E-state index contributed by atoms with van der Waals surface area (Å²) in [5, 5.41) is 2.36. The van der Waals surface area contributed by atoms with Crippen molar-refractivity contribution in [3.63, 3.8) is 0 Å². The van der Waals surface area contributed by atoms with Crippen LogP contribution in [-0.2, 0) is 15.7 Å². The number of rotatable bonds is 4. The zero-order valence-corrected chi connectivity index (χ0v) is 19.5. The van der Waals surface area contributed by atoms with Crippen molar-refractivity contribution < 1.29 is 31.9 Å². The van der Waals surface area contributed by atoms with Crippen molar-refractivity contribution in [3.05, 3.63) is 42.6 Å². The van der Waals surface area contributed by atoms with Gasteiger partial charge in [0.2, 0.25) is 11.9 Å². The Morgan fingerprint density at radius 3 is 1.81 bits per heavy atom. The molecule has 2 aliphatic heterocycles. The number of carbonyl (C=O) groups excluding carboxylic acids is 1. The summed E-state index contributed by atoms with van der Waals surface area (Å²) in [5.41, 5.74) is 5.83. The number of amides is 1. The molecule has 3 aromatic heterocycles. The third kappa shape index (κ3) is 7.23. The summed E-state index contributed by atoms with van der Waals surface area (Å²) in [7, 11) is 0. The van der Waals surface area contributed by atoms with E-state index in [4.69, 9.17) is 15.2 Å². The molecule has 0 aromatic carbocycles. The highest BCUT2D eigenvalue weighted by atomic mass is 19.4. The SMILES string of the molecule is Nc1cnc(N2CCOCC2)nc1.O=C(Nc1cnc(N2CCOCC2)nc1)c1coc(C(F)(F)F)n1. The number of halogens is 3. The van der Waals surface area contributed by atoms with Crippen LogP contribution in [-0.4, -0.2) is 83.4 Å². The zero-order valence-electron chi connectivity index (χ0n) is 19.5. The second kappa shape index (κ2) is 11.8. The van der Waals surface area contributed by atoms with Crippen LogP contribution in [0, 0.1) is 0 Å². The molecule has 0 aliphatic carbocycles. The lowest BCUT2D eigenvalue weighted by atomic mass is 10.4. The molecule has 3 N–H and O–H groups in total. The van der Waals surface area contributed by atoms with Crippen molar-refractivity contribution in [2.24, 2.45) is 0 Å². The Labute approximate surface area is 208 Å². The maximum Gasteiger partial charge on any atom is 0.468 e. The molecule has 13 nitrogen and oxygen atoms in total. The predicted octanol–water partition coefficient (Wildman–Crippen LogP) is 1.47. The Morgan fingerprint density at radius 2 is 1.35 bits per heavy atom. The highest BCUT2D eigenvalue weighted by Gasteiger charge is 2.37. The van der Waals surface area contributed by atoms with E-state index < -0.39 is 23.7 Å². The number of alkyl halides is 3. The van der Waals surface area contributed by atoms with Gasteiger partial charge in [-0.05, 0) is 0 Å². The second-order valence-corrected chi connectivity index (χ2v) is 7.78. The molecule has 0 bridgehead atoms. The molecule has 5 rings (SSSR count). The molecule has 5 heterocycles. The van der Waals surface area contributed by atoms with Crippen molar-refractivity contribution in [2.75, 3.05) is 73.5 Å². The number of carbonyl (C=O) groups is 1. The Balaban J connectivity index is 0.000000207. The number of aromatic nitrogens is 5. The Morgan fingerprint density at radius 1 is 0.865 bits per heavy atom. The maximum absolute atomic E-state index is 12.4. The van der Waals surface area contributed by atoms with Crippen LogP contribution in [0.2, 0.25) is 0 Å². The highest BCUT2D eigenvalue weighted by molar-refractivity contribution is 6.02. The summed E-state index contributed by atoms with van der Waals surface area (Å²) < 4.78 is 51.9. The quantitative estimate of drug-likeness (QED) is 0.508. The van der Waals surface area contributed by atoms with Gasteiger partial charge >= 0.3 is 12.1 Å². The molecule has 0 radical (unpaired) electrons. The lowest BCUT2D eigenvalue weighted by molar-refractivity contribution is -0.157. The highest BCUT2D eigenvalue weighted by Crippen LogP contribution is 2.28. The molecule has 16 heteroatoms. The van der Waals surface area contributed by atoms with Gasteiger partial charge < -0.3 is 34.7 Å². The van der Waals surface area contributed by atoms with Crippen LogP contribution in [0.4, 0.5) is 36.4 Å². The first kappa shape index (κ1) is 26.0. The van der Waals surface area contributed by atoms with Crippen molar-refractivity contribution >= 4 is 29.2 Å². The number of nitrogens with two attached hydrogens (primary N) is 1. The Bertz CT molecular complexity index is 1150. The first-order chi connectivity index (χ1) is 17.8. The Kier molecular flexibility index (Phi) is 8.29. The van der Waals surface area contributed by atoms with E-state index in [1.165, 1.54) is 12.4 Å². The fourth-order valence-corrected chi connectivity index (χ4v) is 3.27. The number of ether oxygens (including phenoxy) is 2. The fourth-order valence-electron chi connectivity index (χ4n) is 3.27. The van der Waals surface area contributed by atoms with Gasteiger partial charge in [-0.3, -0.25) is 4.79 Å². The molecule has 3 aromatic rings. The second-order valence-electron chi connectivity index (χ2n) is 7.78. The van der Waals surface area contributed by atoms with Gasteiger partial charge in [-0.15, -0.1) is 0 Å². The van der Waals surface area contributed by atoms with Crippen LogP contribution in [0.1, 0.15) is 16.4 Å². The fraction of sp³-hybridized carbons (Fsp3) is 0.429. The topological polar surface area (TPSA) is 158 Å². The molecule has 1 amide bonds. The molecule has 37 heavy (non-hydrogen) atoms. The first-order valence-corrected chi connectivity index (χ1v) is 11.2. The molecular formula is C21H24F3N9O4. The van der Waals surface area contributed by atoms with Crippen LogP contribution < -0.4 is 20.9 Å². The molecule has 0 unspecified atom stereocenters. The summed E-state index contributed by atoms with van der Waals surface area (Å²) in [4.78, 5) is 35.5. The van der Waals surface area contributed by atoms with E-state index in [2.05, 4.69) is 39.6 Å². The molecular weight excluding hydrogens is 499 g/mol. The lowest BCUT2D eigenvalue weighted by Gasteiger charge is -2.26. The predicted molar refractivity (Wildman–Crippen MR) is 124 cm³/mol. The molecule has 2 aliphatic rings. The summed E-state index contributed by atoms with van der Waals surface area (Å²) in [6, 6.07) is 0. The standard InChI is InChI=1S/C13H12F3N5O3.C8H12N4O/c14-13(15,16)11-20-9(7-24-11)10(22)19-8-5-17-12(18-6-8)21-1-3-23-4-2-21;9-7-5-10-8(11-6-7)12-1-3-13-4-2-12/h5-7H,1-4H2,(H,19,22);5-6H,1-4,9H2. The van der Waals surface area contributed by atoms with E-state index >= 15 is 0 Å². The van der Waals surface area contributed by atoms with Crippen molar-refractivity contribution in [3.8, 4) is 0 Å². The molecule has 2 fully saturated rings. The van der Waals surface area contributed by atoms with Gasteiger partial charge in [0, 0.05) is 26.2 Å². The number of morpholine rings is 2. The summed E-state index contributed by atoms with van der Waals surface area (Å²) in [6.45, 7) is 5.66. The van der Waals surface area contributed by atoms with E-state index in [-0.39, 0.29) is 5.69 Å². The van der Waals surface area contributed by atoms with Gasteiger partial charge in [0.15, 0.2) is 5.69 Å². The first-order valence-electron chi connectivity index (χ1n) is 11.2. The minimum atomic E-state index is -4.75. The maximum atomic E-state index is 12.4. The monoisotopic (exact) mass is 523 g/mol. The number of nitrogen functional groups attached to an aromatic ring is 1. The minimum Gasteiger partial charge on any atom is -0.441 e. The smallest absolute Gasteiger partial charge is 0.441 e. The van der Waals surface area contributed by atoms with Crippen molar-refractivity contribution in [1.82, 2.24) is 24.9 Å². The number of nitrogens with zero attached hydrogens (tertiary/aromatic N) is 7. The van der Waals surface area contributed by atoms with Crippen LogP contribution in [0.25, 0.3) is 0 Å². The molecule has 2 saturated heterocycles. The zero-order chi connectivity index (χ0) is 26.3. The number of hydrogen-bond acceptors (Lipinski definition) is 12. The van der Waals surface area contributed by atoms with E-state index in [1.54, 1.807) is 12.4 Å². The van der Waals surface area contributed by atoms with Gasteiger partial charge in [-0.1, -0.05) is 0 Å². The van der Waals surface area contributed by atoms with E-state index in [0.717, 1.165) is 32.3 Å². The van der Waals surface area contributed by atoms with Crippen molar-refractivity contribution in [2.45, 2.75) is 6.18 Å². The van der Waals surface area contributed by atoms with Gasteiger partial charge in [0.25, 0.3) is 5.91 Å². The number of hydrogen-bond donors (Lipinski definition) is 2. The van der Waals surface area contributed by atoms with Gasteiger partial charge in [0.1, 0.15) is 6.26 Å². The van der Waals surface area contributed by atoms with Gasteiger partial charge in [0.05, 0.1) is 62.6 Å². The number of oxazole rings is 1. The van der Waals surface area contributed by atoms with Crippen molar-refractivity contribution in [1.29, 1.82) is 0 Å². The number of nitrogens with one attached hydrogen (secondary N) is 1. The van der Waals surface area contributed by atoms with Gasteiger partial charge in [-0.2, -0.15) is 13.2 Å². The number of anilines is 4. The van der Waals surface area contributed by atoms with E-state index in [0.29, 0.717) is 44.2 Å². The lowest BCUT2D eigenvalue weighted by Crippen LogP contribution is -2.37. The molecule has 0 spiro atoms. The normalized spacial score (nSPS) is 16.1. The van der Waals surface area contributed by atoms with Crippen LogP contribution in [0.5, 0.6) is 0 Å². The van der Waals surface area contributed by atoms with Gasteiger partial charge in [-0.25, -0.2) is 24.9 Å². The molecule has 0 saturated carbocycles.